The summed E-state index contributed by atoms with van der Waals surface area (Å²) in [4.78, 5) is 21.0. The van der Waals surface area contributed by atoms with Gasteiger partial charge in [0.15, 0.2) is 5.82 Å². The van der Waals surface area contributed by atoms with Crippen molar-refractivity contribution < 1.29 is 14.6 Å². The number of pyridine rings is 1. The molecule has 2 fully saturated rings. The molecule has 0 bridgehead atoms. The van der Waals surface area contributed by atoms with E-state index in [9.17, 15) is 9.90 Å². The second kappa shape index (κ2) is 8.83. The molecule has 0 amide bonds. The molecule has 0 unspecified atom stereocenters. The number of cyclic esters (lactones) is 1. The van der Waals surface area contributed by atoms with Gasteiger partial charge in [0.1, 0.15) is 12.9 Å². The average Bonchev–Trinajstić information content (AvgIpc) is 3.47. The molecule has 1 N–H and O–H groups in total. The number of nitrogens with zero attached hydrogens (tertiary/aromatic N) is 7. The van der Waals surface area contributed by atoms with E-state index in [1.807, 2.05) is 26.0 Å². The molecule has 3 aliphatic rings. The van der Waals surface area contributed by atoms with E-state index in [-0.39, 0.29) is 5.97 Å². The molecule has 33 heavy (non-hydrogen) atoms. The van der Waals surface area contributed by atoms with Gasteiger partial charge in [-0.25, -0.2) is 9.78 Å². The van der Waals surface area contributed by atoms with Crippen molar-refractivity contribution in [2.45, 2.75) is 45.6 Å². The Morgan fingerprint density at radius 2 is 1.85 bits per heavy atom. The zero-order valence-corrected chi connectivity index (χ0v) is 19.3. The van der Waals surface area contributed by atoms with Crippen LogP contribution in [0.5, 0.6) is 0 Å². The lowest BCUT2D eigenvalue weighted by Crippen LogP contribution is -2.47. The molecule has 1 spiro atoms. The van der Waals surface area contributed by atoms with Gasteiger partial charge in [-0.1, -0.05) is 6.07 Å². The summed E-state index contributed by atoms with van der Waals surface area (Å²) in [6.45, 7) is 8.79. The highest BCUT2D eigenvalue weighted by molar-refractivity contribution is 5.90. The Morgan fingerprint density at radius 1 is 1.12 bits per heavy atom. The van der Waals surface area contributed by atoms with E-state index < -0.39 is 6.10 Å². The van der Waals surface area contributed by atoms with Crippen molar-refractivity contribution in [3.63, 3.8) is 0 Å². The number of aromatic nitrogens is 5. The first kappa shape index (κ1) is 22.0. The predicted molar refractivity (Wildman–Crippen MR) is 119 cm³/mol. The van der Waals surface area contributed by atoms with Crippen molar-refractivity contribution in [2.24, 2.45) is 5.41 Å². The van der Waals surface area contributed by atoms with E-state index >= 15 is 0 Å². The molecule has 10 nitrogen and oxygen atoms in total. The number of hydrogen-bond acceptors (Lipinski definition) is 9. The number of hydrogen-bond donors (Lipinski definition) is 1. The van der Waals surface area contributed by atoms with Crippen molar-refractivity contribution in [3.8, 4) is 5.82 Å². The highest BCUT2D eigenvalue weighted by atomic mass is 16.5. The van der Waals surface area contributed by atoms with E-state index in [2.05, 4.69) is 30.3 Å². The van der Waals surface area contributed by atoms with Gasteiger partial charge < -0.3 is 19.6 Å². The third-order valence-corrected chi connectivity index (χ3v) is 7.69. The van der Waals surface area contributed by atoms with E-state index in [0.29, 0.717) is 24.4 Å². The molecule has 0 radical (unpaired) electrons. The van der Waals surface area contributed by atoms with Crippen LogP contribution in [0, 0.1) is 12.3 Å². The van der Waals surface area contributed by atoms with E-state index in [1.54, 1.807) is 0 Å². The number of β-amino-alcohol motifs (C(OH)–C–C–N with tert-alkyl or cyclic N) is 1. The van der Waals surface area contributed by atoms with Gasteiger partial charge in [-0.2, -0.15) is 4.68 Å². The molecule has 176 valence electrons. The van der Waals surface area contributed by atoms with Crippen LogP contribution in [-0.4, -0.2) is 85.4 Å². The lowest BCUT2D eigenvalue weighted by atomic mass is 9.71. The maximum absolute atomic E-state index is 11.7. The average molecular weight is 454 g/mol. The number of aliphatic hydroxyl groups is 1. The minimum Gasteiger partial charge on any atom is -0.456 e. The Hall–Kier alpha value is -2.85. The number of carbonyl (C=O) groups excluding carboxylic acids is 1. The van der Waals surface area contributed by atoms with Gasteiger partial charge in [-0.15, -0.1) is 5.10 Å². The highest BCUT2D eigenvalue weighted by Gasteiger charge is 2.39. The van der Waals surface area contributed by atoms with Crippen molar-refractivity contribution in [1.29, 1.82) is 0 Å². The molecule has 5 heterocycles. The van der Waals surface area contributed by atoms with Gasteiger partial charge in [0.05, 0.1) is 17.4 Å². The van der Waals surface area contributed by atoms with E-state index in [0.717, 1.165) is 74.4 Å². The Bertz CT molecular complexity index is 1030. The third-order valence-electron chi connectivity index (χ3n) is 7.69. The molecular weight excluding hydrogens is 422 g/mol. The normalized spacial score (nSPS) is 22.2. The van der Waals surface area contributed by atoms with Crippen LogP contribution in [0.4, 0.5) is 0 Å². The number of esters is 1. The summed E-state index contributed by atoms with van der Waals surface area (Å²) in [5, 5.41) is 22.0. The molecule has 10 heteroatoms. The summed E-state index contributed by atoms with van der Waals surface area (Å²) < 4.78 is 6.70. The van der Waals surface area contributed by atoms with Gasteiger partial charge >= 0.3 is 5.97 Å². The maximum Gasteiger partial charge on any atom is 0.335 e. The van der Waals surface area contributed by atoms with Crippen LogP contribution in [-0.2, 0) is 9.53 Å². The SMILES string of the molecule is CC1=C(N2CCC3(CCN(C[C@H](O)c4ccc(-n5cnnn5)nc4C)CC3)CC2)COC1=O. The first-order chi connectivity index (χ1) is 15.9. The Labute approximate surface area is 193 Å². The molecule has 0 aromatic carbocycles. The standard InChI is InChI=1S/C23H31N7O3/c1-16-19(14-33-22(16)32)29-11-7-23(8-12-29)5-9-28(10-6-23)13-20(31)18-3-4-21(25-17(18)2)30-15-24-26-27-30/h3-4,15,20,31H,5-14H2,1-2H3/t20-/m0/s1. The third kappa shape index (κ3) is 4.37. The van der Waals surface area contributed by atoms with Crippen LogP contribution in [0.15, 0.2) is 29.7 Å². The summed E-state index contributed by atoms with van der Waals surface area (Å²) in [7, 11) is 0. The van der Waals surface area contributed by atoms with Crippen LogP contribution in [0.3, 0.4) is 0 Å². The van der Waals surface area contributed by atoms with E-state index in [1.165, 1.54) is 11.0 Å². The Morgan fingerprint density at radius 3 is 2.45 bits per heavy atom. The number of piperidine rings is 2. The maximum atomic E-state index is 11.7. The number of aryl methyl sites for hydroxylation is 1. The van der Waals surface area contributed by atoms with Crippen LogP contribution < -0.4 is 0 Å². The molecule has 2 aromatic heterocycles. The van der Waals surface area contributed by atoms with Crippen molar-refractivity contribution in [1.82, 2.24) is 35.0 Å². The van der Waals surface area contributed by atoms with E-state index in [4.69, 9.17) is 4.74 Å². The molecule has 2 saturated heterocycles. The number of carbonyl (C=O) groups is 1. The lowest BCUT2D eigenvalue weighted by molar-refractivity contribution is -0.136. The molecular formula is C23H31N7O3. The molecule has 0 saturated carbocycles. The van der Waals surface area contributed by atoms with Gasteiger partial charge in [-0.3, -0.25) is 0 Å². The summed E-state index contributed by atoms with van der Waals surface area (Å²) in [6.07, 6.45) is 5.52. The quantitative estimate of drug-likeness (QED) is 0.672. The number of aliphatic hydroxyl groups excluding tert-OH is 1. The van der Waals surface area contributed by atoms with Crippen LogP contribution in [0.25, 0.3) is 5.82 Å². The zero-order chi connectivity index (χ0) is 23.0. The zero-order valence-electron chi connectivity index (χ0n) is 19.3. The van der Waals surface area contributed by atoms with Crippen molar-refractivity contribution >= 4 is 5.97 Å². The summed E-state index contributed by atoms with van der Waals surface area (Å²) in [6, 6.07) is 3.75. The number of rotatable bonds is 5. The number of ether oxygens (including phenoxy) is 1. The second-order valence-electron chi connectivity index (χ2n) is 9.55. The molecule has 1 atom stereocenters. The molecule has 5 rings (SSSR count). The van der Waals surface area contributed by atoms with Crippen LogP contribution in [0.1, 0.15) is 50.0 Å². The largest absolute Gasteiger partial charge is 0.456 e. The fourth-order valence-electron chi connectivity index (χ4n) is 5.41. The number of tetrazole rings is 1. The van der Waals surface area contributed by atoms with Gasteiger partial charge in [0.25, 0.3) is 0 Å². The minimum absolute atomic E-state index is 0.173. The van der Waals surface area contributed by atoms with Gasteiger partial charge in [0.2, 0.25) is 0 Å². The van der Waals surface area contributed by atoms with Gasteiger partial charge in [-0.05, 0) is 74.5 Å². The van der Waals surface area contributed by atoms with Crippen LogP contribution >= 0.6 is 0 Å². The Balaban J connectivity index is 1.14. The van der Waals surface area contributed by atoms with Crippen molar-refractivity contribution in [2.75, 3.05) is 39.3 Å². The summed E-state index contributed by atoms with van der Waals surface area (Å²) in [5.41, 5.74) is 3.85. The molecule has 3 aliphatic heterocycles. The first-order valence-electron chi connectivity index (χ1n) is 11.7. The highest BCUT2D eigenvalue weighted by Crippen LogP contribution is 2.42. The first-order valence-corrected chi connectivity index (χ1v) is 11.7. The second-order valence-corrected chi connectivity index (χ2v) is 9.55. The lowest BCUT2D eigenvalue weighted by Gasteiger charge is -2.47. The minimum atomic E-state index is -0.578. The molecule has 0 aliphatic carbocycles. The fourth-order valence-corrected chi connectivity index (χ4v) is 5.41. The smallest absolute Gasteiger partial charge is 0.335 e. The summed E-state index contributed by atoms with van der Waals surface area (Å²) >= 11 is 0. The Kier molecular flexibility index (Phi) is 5.88. The molecule has 2 aromatic rings. The number of likely N-dealkylation sites (tertiary alicyclic amines) is 2. The van der Waals surface area contributed by atoms with Crippen LogP contribution in [0.2, 0.25) is 0 Å². The summed E-state index contributed by atoms with van der Waals surface area (Å²) in [5.74, 6) is 0.465. The van der Waals surface area contributed by atoms with Crippen molar-refractivity contribution in [3.05, 3.63) is 41.0 Å². The monoisotopic (exact) mass is 453 g/mol. The topological polar surface area (TPSA) is 110 Å². The van der Waals surface area contributed by atoms with Gasteiger partial charge in [0, 0.05) is 30.9 Å². The predicted octanol–water partition coefficient (Wildman–Crippen LogP) is 1.41. The fraction of sp³-hybridized carbons (Fsp3) is 0.609.